The second-order valence-electron chi connectivity index (χ2n) is 5.68. The van der Waals surface area contributed by atoms with E-state index in [-0.39, 0.29) is 30.5 Å². The van der Waals surface area contributed by atoms with Crippen molar-refractivity contribution in [1.29, 1.82) is 0 Å². The second-order valence-corrected chi connectivity index (χ2v) is 5.68. The molecule has 7 nitrogen and oxygen atoms in total. The standard InChI is InChI=1S/C17H22N4O3.ClH/c1-12-16(18-8-10-24-12)17(22)19-11-13-7-9-21(20-13)14-3-5-15(23-2)6-4-14;/h3-7,9,12,16,18H,8,10-11H2,1-2H3,(H,19,22);1H/t12-,16+;/m1./s1. The van der Waals surface area contributed by atoms with Crippen molar-refractivity contribution < 1.29 is 14.3 Å². The molecule has 25 heavy (non-hydrogen) atoms. The first-order valence-electron chi connectivity index (χ1n) is 7.99. The number of carbonyl (C=O) groups is 1. The number of methoxy groups -OCH3 is 1. The first-order chi connectivity index (χ1) is 11.7. The van der Waals surface area contributed by atoms with Crippen LogP contribution in [0.2, 0.25) is 0 Å². The lowest BCUT2D eigenvalue weighted by molar-refractivity contribution is -0.129. The Morgan fingerprint density at radius 2 is 2.16 bits per heavy atom. The third-order valence-electron chi connectivity index (χ3n) is 4.02. The van der Waals surface area contributed by atoms with Crippen molar-refractivity contribution in [3.63, 3.8) is 0 Å². The van der Waals surface area contributed by atoms with Crippen LogP contribution in [0.4, 0.5) is 0 Å². The van der Waals surface area contributed by atoms with Gasteiger partial charge in [-0.1, -0.05) is 0 Å². The summed E-state index contributed by atoms with van der Waals surface area (Å²) in [6.07, 6.45) is 1.74. The summed E-state index contributed by atoms with van der Waals surface area (Å²) in [7, 11) is 1.64. The number of ether oxygens (including phenoxy) is 2. The number of rotatable bonds is 5. The summed E-state index contributed by atoms with van der Waals surface area (Å²) in [6.45, 7) is 3.60. The number of halogens is 1. The highest BCUT2D eigenvalue weighted by atomic mass is 35.5. The molecule has 0 radical (unpaired) electrons. The lowest BCUT2D eigenvalue weighted by Crippen LogP contribution is -2.55. The van der Waals surface area contributed by atoms with Gasteiger partial charge in [-0.15, -0.1) is 12.4 Å². The van der Waals surface area contributed by atoms with Crippen molar-refractivity contribution in [2.45, 2.75) is 25.6 Å². The van der Waals surface area contributed by atoms with Crippen molar-refractivity contribution >= 4 is 18.3 Å². The minimum absolute atomic E-state index is 0. The molecular weight excluding hydrogens is 344 g/mol. The average Bonchev–Trinajstić information content (AvgIpc) is 3.09. The van der Waals surface area contributed by atoms with E-state index in [0.717, 1.165) is 17.1 Å². The average molecular weight is 367 g/mol. The van der Waals surface area contributed by atoms with Gasteiger partial charge in [0.25, 0.3) is 0 Å². The third-order valence-corrected chi connectivity index (χ3v) is 4.02. The van der Waals surface area contributed by atoms with Gasteiger partial charge in [0.2, 0.25) is 5.91 Å². The molecule has 1 aromatic carbocycles. The van der Waals surface area contributed by atoms with Gasteiger partial charge in [0.05, 0.1) is 37.7 Å². The molecule has 2 heterocycles. The van der Waals surface area contributed by atoms with Crippen molar-refractivity contribution in [3.05, 3.63) is 42.2 Å². The fraction of sp³-hybridized carbons (Fsp3) is 0.412. The van der Waals surface area contributed by atoms with E-state index in [9.17, 15) is 4.79 Å². The number of amides is 1. The van der Waals surface area contributed by atoms with E-state index < -0.39 is 0 Å². The van der Waals surface area contributed by atoms with Gasteiger partial charge in [-0.3, -0.25) is 4.79 Å². The molecule has 1 aromatic heterocycles. The fourth-order valence-corrected chi connectivity index (χ4v) is 2.65. The van der Waals surface area contributed by atoms with Gasteiger partial charge in [-0.25, -0.2) is 4.68 Å². The Labute approximate surface area is 153 Å². The highest BCUT2D eigenvalue weighted by Gasteiger charge is 2.27. The van der Waals surface area contributed by atoms with E-state index in [2.05, 4.69) is 15.7 Å². The maximum absolute atomic E-state index is 12.2. The molecule has 1 aliphatic heterocycles. The first-order valence-corrected chi connectivity index (χ1v) is 7.99. The van der Waals surface area contributed by atoms with Gasteiger partial charge in [0.15, 0.2) is 0 Å². The highest BCUT2D eigenvalue weighted by molar-refractivity contribution is 5.85. The number of morpholine rings is 1. The normalized spacial score (nSPS) is 19.8. The Morgan fingerprint density at radius 3 is 2.84 bits per heavy atom. The third kappa shape index (κ3) is 4.72. The Bertz CT molecular complexity index is 689. The van der Waals surface area contributed by atoms with E-state index in [1.807, 2.05) is 43.5 Å². The number of nitrogens with one attached hydrogen (secondary N) is 2. The molecule has 2 N–H and O–H groups in total. The van der Waals surface area contributed by atoms with Crippen molar-refractivity contribution in [3.8, 4) is 11.4 Å². The van der Waals surface area contributed by atoms with Crippen molar-refractivity contribution in [2.24, 2.45) is 0 Å². The summed E-state index contributed by atoms with van der Waals surface area (Å²) in [5.74, 6) is 0.732. The molecule has 0 spiro atoms. The number of aromatic nitrogens is 2. The number of benzene rings is 1. The fourth-order valence-electron chi connectivity index (χ4n) is 2.65. The summed E-state index contributed by atoms with van der Waals surface area (Å²) in [4.78, 5) is 12.2. The van der Waals surface area contributed by atoms with Crippen LogP contribution < -0.4 is 15.4 Å². The summed E-state index contributed by atoms with van der Waals surface area (Å²) < 4.78 is 12.4. The summed E-state index contributed by atoms with van der Waals surface area (Å²) in [5.41, 5.74) is 1.73. The van der Waals surface area contributed by atoms with E-state index in [1.165, 1.54) is 0 Å². The summed E-state index contributed by atoms with van der Waals surface area (Å²) >= 11 is 0. The molecule has 1 amide bonds. The number of hydrogen-bond donors (Lipinski definition) is 2. The SMILES string of the molecule is COc1ccc(-n2ccc(CNC(=O)[C@H]3NCCO[C@@H]3C)n2)cc1.Cl. The minimum Gasteiger partial charge on any atom is -0.497 e. The molecule has 0 aliphatic carbocycles. The molecule has 0 bridgehead atoms. The minimum atomic E-state index is -0.317. The van der Waals surface area contributed by atoms with Crippen LogP contribution in [0, 0.1) is 0 Å². The van der Waals surface area contributed by atoms with Crippen LogP contribution in [0.3, 0.4) is 0 Å². The molecule has 2 aromatic rings. The molecule has 1 aliphatic rings. The molecule has 2 atom stereocenters. The Kier molecular flexibility index (Phi) is 6.81. The maximum Gasteiger partial charge on any atom is 0.240 e. The van der Waals surface area contributed by atoms with Crippen molar-refractivity contribution in [2.75, 3.05) is 20.3 Å². The quantitative estimate of drug-likeness (QED) is 0.834. The van der Waals surface area contributed by atoms with Gasteiger partial charge in [0.1, 0.15) is 11.8 Å². The number of hydrogen-bond acceptors (Lipinski definition) is 5. The molecule has 8 heteroatoms. The zero-order chi connectivity index (χ0) is 16.9. The maximum atomic E-state index is 12.2. The van der Waals surface area contributed by atoms with Gasteiger partial charge in [-0.2, -0.15) is 5.10 Å². The predicted octanol–water partition coefficient (Wildman–Crippen LogP) is 1.30. The Morgan fingerprint density at radius 1 is 1.40 bits per heavy atom. The van der Waals surface area contributed by atoms with Crippen LogP contribution in [0.25, 0.3) is 5.69 Å². The van der Waals surface area contributed by atoms with Gasteiger partial charge >= 0.3 is 0 Å². The lowest BCUT2D eigenvalue weighted by atomic mass is 10.1. The Balaban J connectivity index is 0.00000225. The highest BCUT2D eigenvalue weighted by Crippen LogP contribution is 2.14. The molecule has 0 unspecified atom stereocenters. The van der Waals surface area contributed by atoms with Crippen LogP contribution >= 0.6 is 12.4 Å². The Hall–Kier alpha value is -2.09. The smallest absolute Gasteiger partial charge is 0.240 e. The topological polar surface area (TPSA) is 77.4 Å². The lowest BCUT2D eigenvalue weighted by Gasteiger charge is -2.29. The molecule has 1 fully saturated rings. The van der Waals surface area contributed by atoms with E-state index in [0.29, 0.717) is 19.7 Å². The molecule has 3 rings (SSSR count). The summed E-state index contributed by atoms with van der Waals surface area (Å²) in [6, 6.07) is 9.20. The van der Waals surface area contributed by atoms with Crippen LogP contribution in [-0.4, -0.2) is 48.1 Å². The summed E-state index contributed by atoms with van der Waals surface area (Å²) in [5, 5.41) is 10.6. The van der Waals surface area contributed by atoms with Crippen LogP contribution in [-0.2, 0) is 16.1 Å². The molecular formula is C17H23ClN4O3. The zero-order valence-electron chi connectivity index (χ0n) is 14.3. The second kappa shape index (κ2) is 8.84. The zero-order valence-corrected chi connectivity index (χ0v) is 15.1. The number of carbonyl (C=O) groups excluding carboxylic acids is 1. The van der Waals surface area contributed by atoms with E-state index >= 15 is 0 Å². The monoisotopic (exact) mass is 366 g/mol. The first kappa shape index (κ1) is 19.2. The van der Waals surface area contributed by atoms with Crippen LogP contribution in [0.15, 0.2) is 36.5 Å². The van der Waals surface area contributed by atoms with Crippen molar-refractivity contribution in [1.82, 2.24) is 20.4 Å². The van der Waals surface area contributed by atoms with Crippen LogP contribution in [0.1, 0.15) is 12.6 Å². The van der Waals surface area contributed by atoms with E-state index in [4.69, 9.17) is 9.47 Å². The van der Waals surface area contributed by atoms with Gasteiger partial charge in [0, 0.05) is 12.7 Å². The van der Waals surface area contributed by atoms with Gasteiger partial charge in [-0.05, 0) is 37.3 Å². The van der Waals surface area contributed by atoms with Crippen LogP contribution in [0.5, 0.6) is 5.75 Å². The number of nitrogens with zero attached hydrogens (tertiary/aromatic N) is 2. The van der Waals surface area contributed by atoms with Gasteiger partial charge < -0.3 is 20.1 Å². The molecule has 1 saturated heterocycles. The molecule has 136 valence electrons. The largest absolute Gasteiger partial charge is 0.497 e. The predicted molar refractivity (Wildman–Crippen MR) is 96.4 cm³/mol. The molecule has 0 saturated carbocycles. The van der Waals surface area contributed by atoms with E-state index in [1.54, 1.807) is 11.8 Å².